The zero-order chi connectivity index (χ0) is 28.1. The summed E-state index contributed by atoms with van der Waals surface area (Å²) in [4.78, 5) is 7.30. The number of nitrogens with zero attached hydrogens (tertiary/aromatic N) is 2. The summed E-state index contributed by atoms with van der Waals surface area (Å²) in [6, 6.07) is 14.3. The topological polar surface area (TPSA) is 54.8 Å². The molecule has 3 aliphatic rings. The second-order valence-corrected chi connectivity index (χ2v) is 11.0. The summed E-state index contributed by atoms with van der Waals surface area (Å²) in [5.74, 6) is 8.51. The molecule has 5 nitrogen and oxygen atoms in total. The van der Waals surface area contributed by atoms with Crippen molar-refractivity contribution in [2.75, 3.05) is 33.9 Å². The van der Waals surface area contributed by atoms with Crippen LogP contribution in [0, 0.1) is 23.7 Å². The molecular formula is C35H40N2O3. The number of fused-ring (bicyclic) bond motifs is 4. The summed E-state index contributed by atoms with van der Waals surface area (Å²) in [5, 5.41) is 12.7. The first-order valence-electron chi connectivity index (χ1n) is 14.3. The third-order valence-electron chi connectivity index (χ3n) is 8.56. The van der Waals surface area contributed by atoms with Crippen molar-refractivity contribution in [1.82, 2.24) is 9.88 Å². The highest BCUT2D eigenvalue weighted by molar-refractivity contribution is 5.85. The number of allylic oxidation sites excluding steroid dienone is 1. The van der Waals surface area contributed by atoms with Gasteiger partial charge in [-0.1, -0.05) is 30.2 Å². The van der Waals surface area contributed by atoms with E-state index in [-0.39, 0.29) is 6.04 Å². The predicted octanol–water partition coefficient (Wildman–Crippen LogP) is 5.88. The van der Waals surface area contributed by atoms with Crippen molar-refractivity contribution in [3.63, 3.8) is 0 Å². The first kappa shape index (κ1) is 28.1. The number of aryl methyl sites for hydroxylation is 1. The monoisotopic (exact) mass is 536 g/mol. The lowest BCUT2D eigenvalue weighted by Gasteiger charge is -2.50. The number of piperidine rings is 3. The summed E-state index contributed by atoms with van der Waals surface area (Å²) in [7, 11) is 3.40. The van der Waals surface area contributed by atoms with Gasteiger partial charge in [-0.15, -0.1) is 13.2 Å². The Hall–Kier alpha value is -3.43. The molecule has 3 aliphatic heterocycles. The molecule has 2 aromatic carbocycles. The minimum atomic E-state index is -0.644. The SMILES string of the molecule is C=CCc1cc(CCCOC)ccc1C#Cc1cc([C@@H](O)[C@@H]2CC3CCN2C[C@@H]3C=C)c2cc(OC)ccc2n1. The molecule has 0 amide bonds. The first-order chi connectivity index (χ1) is 19.5. The van der Waals surface area contributed by atoms with Gasteiger partial charge in [0.05, 0.1) is 18.7 Å². The maximum absolute atomic E-state index is 11.8. The van der Waals surface area contributed by atoms with Crippen LogP contribution in [0.3, 0.4) is 0 Å². The molecule has 0 radical (unpaired) electrons. The fourth-order valence-electron chi connectivity index (χ4n) is 6.38. The Kier molecular flexibility index (Phi) is 9.01. The minimum Gasteiger partial charge on any atom is -0.497 e. The average Bonchev–Trinajstić information content (AvgIpc) is 3.00. The highest BCUT2D eigenvalue weighted by Gasteiger charge is 2.42. The van der Waals surface area contributed by atoms with E-state index < -0.39 is 6.10 Å². The second-order valence-electron chi connectivity index (χ2n) is 11.0. The zero-order valence-corrected chi connectivity index (χ0v) is 23.7. The van der Waals surface area contributed by atoms with Crippen molar-refractivity contribution in [1.29, 1.82) is 0 Å². The van der Waals surface area contributed by atoms with Gasteiger partial charge in [0.25, 0.3) is 0 Å². The van der Waals surface area contributed by atoms with Gasteiger partial charge >= 0.3 is 0 Å². The molecule has 208 valence electrons. The predicted molar refractivity (Wildman–Crippen MR) is 162 cm³/mol. The van der Waals surface area contributed by atoms with Crippen molar-refractivity contribution >= 4 is 10.9 Å². The summed E-state index contributed by atoms with van der Waals surface area (Å²) < 4.78 is 10.7. The van der Waals surface area contributed by atoms with Crippen LogP contribution in [-0.4, -0.2) is 54.9 Å². The normalized spacial score (nSPS) is 22.4. The molecule has 3 aromatic rings. The van der Waals surface area contributed by atoms with Gasteiger partial charge in [0.15, 0.2) is 0 Å². The van der Waals surface area contributed by atoms with Crippen LogP contribution in [0.1, 0.15) is 53.3 Å². The van der Waals surface area contributed by atoms with Crippen LogP contribution in [0.2, 0.25) is 0 Å². The Morgan fingerprint density at radius 1 is 1.15 bits per heavy atom. The highest BCUT2D eigenvalue weighted by atomic mass is 16.5. The smallest absolute Gasteiger partial charge is 0.119 e. The van der Waals surface area contributed by atoms with Gasteiger partial charge in [-0.3, -0.25) is 4.90 Å². The zero-order valence-electron chi connectivity index (χ0n) is 23.7. The Balaban J connectivity index is 1.50. The Morgan fingerprint density at radius 2 is 2.02 bits per heavy atom. The molecule has 1 aromatic heterocycles. The largest absolute Gasteiger partial charge is 0.497 e. The van der Waals surface area contributed by atoms with E-state index in [4.69, 9.17) is 14.5 Å². The van der Waals surface area contributed by atoms with Crippen LogP contribution >= 0.6 is 0 Å². The number of rotatable bonds is 10. The molecule has 0 spiro atoms. The number of hydrogen-bond acceptors (Lipinski definition) is 5. The summed E-state index contributed by atoms with van der Waals surface area (Å²) in [5.41, 5.74) is 5.73. The van der Waals surface area contributed by atoms with Gasteiger partial charge in [-0.05, 0) is 103 Å². The van der Waals surface area contributed by atoms with Crippen molar-refractivity contribution in [3.8, 4) is 17.6 Å². The Bertz CT molecular complexity index is 1440. The molecule has 5 atom stereocenters. The molecule has 4 heterocycles. The van der Waals surface area contributed by atoms with Gasteiger partial charge in [-0.25, -0.2) is 4.98 Å². The molecule has 2 bridgehead atoms. The van der Waals surface area contributed by atoms with Crippen molar-refractivity contribution < 1.29 is 14.6 Å². The number of ether oxygens (including phenoxy) is 2. The van der Waals surface area contributed by atoms with E-state index >= 15 is 0 Å². The lowest BCUT2D eigenvalue weighted by molar-refractivity contribution is -0.0444. The van der Waals surface area contributed by atoms with E-state index in [9.17, 15) is 5.11 Å². The van der Waals surface area contributed by atoms with Crippen LogP contribution < -0.4 is 4.74 Å². The first-order valence-corrected chi connectivity index (χ1v) is 14.3. The number of hydrogen-bond donors (Lipinski definition) is 1. The lowest BCUT2D eigenvalue weighted by Crippen LogP contribution is -2.54. The van der Waals surface area contributed by atoms with E-state index in [0.717, 1.165) is 78.7 Å². The molecule has 1 N–H and O–H groups in total. The molecule has 0 saturated carbocycles. The average molecular weight is 537 g/mol. The van der Waals surface area contributed by atoms with Gasteiger partial charge in [0.2, 0.25) is 0 Å². The number of pyridine rings is 1. The van der Waals surface area contributed by atoms with Gasteiger partial charge in [0, 0.05) is 37.3 Å². The van der Waals surface area contributed by atoms with Gasteiger partial charge < -0.3 is 14.6 Å². The molecule has 40 heavy (non-hydrogen) atoms. The number of aliphatic hydroxyl groups is 1. The van der Waals surface area contributed by atoms with E-state index in [1.54, 1.807) is 14.2 Å². The van der Waals surface area contributed by atoms with E-state index in [2.05, 4.69) is 54.2 Å². The molecular weight excluding hydrogens is 496 g/mol. The molecule has 3 saturated heterocycles. The van der Waals surface area contributed by atoms with E-state index in [0.29, 0.717) is 17.5 Å². The highest BCUT2D eigenvalue weighted by Crippen LogP contribution is 2.42. The molecule has 0 aliphatic carbocycles. The number of aliphatic hydroxyl groups excluding tert-OH is 1. The third kappa shape index (κ3) is 6.00. The molecule has 2 unspecified atom stereocenters. The van der Waals surface area contributed by atoms with Gasteiger partial charge in [-0.2, -0.15) is 0 Å². The Morgan fingerprint density at radius 3 is 2.75 bits per heavy atom. The fraction of sp³-hybridized carbons (Fsp3) is 0.400. The van der Waals surface area contributed by atoms with Crippen LogP contribution in [0.15, 0.2) is 67.8 Å². The summed E-state index contributed by atoms with van der Waals surface area (Å²) in [6.45, 7) is 10.7. The number of methoxy groups -OCH3 is 2. The number of benzene rings is 2. The van der Waals surface area contributed by atoms with Gasteiger partial charge in [0.1, 0.15) is 11.4 Å². The lowest BCUT2D eigenvalue weighted by atomic mass is 9.73. The van der Waals surface area contributed by atoms with Crippen molar-refractivity contribution in [3.05, 3.63) is 95.7 Å². The minimum absolute atomic E-state index is 0.0670. The fourth-order valence-corrected chi connectivity index (χ4v) is 6.38. The standard InChI is InChI=1S/C35H40N2O3/c1-5-8-27-19-24(9-7-18-39-3)10-11-26(27)12-13-29-21-32(31-22-30(40-4)14-15-33(31)36-29)35(38)34-20-28-16-17-37(34)23-25(28)6-2/h5-6,10-11,14-15,19,21-22,25,28,34-35,38H,1-2,7-9,16-18,20,23H2,3-4H3/t25-,28?,34-,35+/m0/s1. The maximum atomic E-state index is 11.8. The molecule has 6 rings (SSSR count). The van der Waals surface area contributed by atoms with Crippen LogP contribution in [0.25, 0.3) is 10.9 Å². The Labute approximate surface area is 238 Å². The van der Waals surface area contributed by atoms with Crippen molar-refractivity contribution in [2.24, 2.45) is 11.8 Å². The van der Waals surface area contributed by atoms with Crippen LogP contribution in [-0.2, 0) is 17.6 Å². The van der Waals surface area contributed by atoms with Crippen LogP contribution in [0.4, 0.5) is 0 Å². The van der Waals surface area contributed by atoms with E-state index in [1.165, 1.54) is 12.0 Å². The van der Waals surface area contributed by atoms with Crippen molar-refractivity contribution in [2.45, 2.75) is 44.2 Å². The van der Waals surface area contributed by atoms with Crippen LogP contribution in [0.5, 0.6) is 5.75 Å². The molecule has 3 fully saturated rings. The number of aromatic nitrogens is 1. The summed E-state index contributed by atoms with van der Waals surface area (Å²) in [6.07, 6.45) is 8.20. The maximum Gasteiger partial charge on any atom is 0.119 e. The van der Waals surface area contributed by atoms with E-state index in [1.807, 2.05) is 30.3 Å². The summed E-state index contributed by atoms with van der Waals surface area (Å²) >= 11 is 0. The molecule has 5 heteroatoms. The second kappa shape index (κ2) is 12.8. The third-order valence-corrected chi connectivity index (χ3v) is 8.56. The quantitative estimate of drug-likeness (QED) is 0.199.